The van der Waals surface area contributed by atoms with E-state index >= 15 is 0 Å². The standard InChI is InChI=1S/C17H22N2O/c1-13-7-8-16(19-11-13)12-18-14(2)9-15-5-4-6-17(10-15)20-3/h4-8,10-11,14,18H,9,12H2,1-3H3/t14-/m1/s1. The van der Waals surface area contributed by atoms with E-state index in [-0.39, 0.29) is 0 Å². The van der Waals surface area contributed by atoms with E-state index in [2.05, 4.69) is 48.4 Å². The largest absolute Gasteiger partial charge is 0.497 e. The molecule has 0 radical (unpaired) electrons. The third-order valence-corrected chi connectivity index (χ3v) is 3.28. The Balaban J connectivity index is 1.85. The monoisotopic (exact) mass is 270 g/mol. The number of ether oxygens (including phenoxy) is 1. The van der Waals surface area contributed by atoms with Gasteiger partial charge in [-0.25, -0.2) is 0 Å². The second-order valence-corrected chi connectivity index (χ2v) is 5.16. The quantitative estimate of drug-likeness (QED) is 0.875. The van der Waals surface area contributed by atoms with Crippen molar-refractivity contribution >= 4 is 0 Å². The third kappa shape index (κ3) is 4.35. The van der Waals surface area contributed by atoms with E-state index in [4.69, 9.17) is 4.74 Å². The Morgan fingerprint density at radius 3 is 2.80 bits per heavy atom. The molecule has 3 nitrogen and oxygen atoms in total. The molecule has 0 fully saturated rings. The molecule has 106 valence electrons. The number of methoxy groups -OCH3 is 1. The lowest BCUT2D eigenvalue weighted by molar-refractivity contribution is 0.414. The molecule has 20 heavy (non-hydrogen) atoms. The molecule has 0 saturated carbocycles. The summed E-state index contributed by atoms with van der Waals surface area (Å²) in [6, 6.07) is 12.8. The van der Waals surface area contributed by atoms with Crippen molar-refractivity contribution in [1.82, 2.24) is 10.3 Å². The Bertz CT molecular complexity index is 537. The van der Waals surface area contributed by atoms with Crippen LogP contribution in [0, 0.1) is 6.92 Å². The van der Waals surface area contributed by atoms with Crippen LogP contribution in [0.5, 0.6) is 5.75 Å². The number of hydrogen-bond acceptors (Lipinski definition) is 3. The molecule has 1 heterocycles. The maximum absolute atomic E-state index is 5.25. The van der Waals surface area contributed by atoms with Crippen LogP contribution in [0.2, 0.25) is 0 Å². The summed E-state index contributed by atoms with van der Waals surface area (Å²) in [5, 5.41) is 3.50. The molecular formula is C17H22N2O. The van der Waals surface area contributed by atoms with Crippen molar-refractivity contribution in [3.05, 3.63) is 59.4 Å². The second-order valence-electron chi connectivity index (χ2n) is 5.16. The van der Waals surface area contributed by atoms with Gasteiger partial charge in [0.05, 0.1) is 12.8 Å². The maximum Gasteiger partial charge on any atom is 0.119 e. The fourth-order valence-electron chi connectivity index (χ4n) is 2.11. The molecule has 0 amide bonds. The first-order chi connectivity index (χ1) is 9.67. The molecule has 2 aromatic rings. The summed E-state index contributed by atoms with van der Waals surface area (Å²) in [6.07, 6.45) is 2.88. The number of rotatable bonds is 6. The van der Waals surface area contributed by atoms with Crippen molar-refractivity contribution in [2.75, 3.05) is 7.11 Å². The van der Waals surface area contributed by atoms with Gasteiger partial charge in [-0.3, -0.25) is 4.98 Å². The fourth-order valence-corrected chi connectivity index (χ4v) is 2.11. The maximum atomic E-state index is 5.25. The van der Waals surface area contributed by atoms with Crippen LogP contribution >= 0.6 is 0 Å². The van der Waals surface area contributed by atoms with Gasteiger partial charge in [0.15, 0.2) is 0 Å². The molecular weight excluding hydrogens is 248 g/mol. The van der Waals surface area contributed by atoms with Gasteiger partial charge in [-0.1, -0.05) is 18.2 Å². The minimum absolute atomic E-state index is 0.394. The molecule has 1 aromatic carbocycles. The fraction of sp³-hybridized carbons (Fsp3) is 0.353. The molecule has 0 saturated heterocycles. The Morgan fingerprint density at radius 1 is 1.25 bits per heavy atom. The smallest absolute Gasteiger partial charge is 0.119 e. The normalized spacial score (nSPS) is 12.2. The van der Waals surface area contributed by atoms with Crippen LogP contribution in [0.4, 0.5) is 0 Å². The number of hydrogen-bond donors (Lipinski definition) is 1. The zero-order chi connectivity index (χ0) is 14.4. The minimum atomic E-state index is 0.394. The summed E-state index contributed by atoms with van der Waals surface area (Å²) in [7, 11) is 1.70. The predicted octanol–water partition coefficient (Wildman–Crippen LogP) is 3.12. The van der Waals surface area contributed by atoms with Crippen LogP contribution in [-0.2, 0) is 13.0 Å². The first-order valence-corrected chi connectivity index (χ1v) is 6.95. The van der Waals surface area contributed by atoms with Gasteiger partial charge in [0, 0.05) is 18.8 Å². The van der Waals surface area contributed by atoms with E-state index in [9.17, 15) is 0 Å². The molecule has 0 bridgehead atoms. The van der Waals surface area contributed by atoms with Crippen LogP contribution in [0.1, 0.15) is 23.7 Å². The van der Waals surface area contributed by atoms with Gasteiger partial charge in [0.2, 0.25) is 0 Å². The van der Waals surface area contributed by atoms with Gasteiger partial charge in [0.1, 0.15) is 5.75 Å². The number of aryl methyl sites for hydroxylation is 1. The van der Waals surface area contributed by atoms with Crippen molar-refractivity contribution in [3.63, 3.8) is 0 Å². The summed E-state index contributed by atoms with van der Waals surface area (Å²) in [5.74, 6) is 0.912. The highest BCUT2D eigenvalue weighted by molar-refractivity contribution is 5.28. The van der Waals surface area contributed by atoms with E-state index in [1.54, 1.807) is 7.11 Å². The highest BCUT2D eigenvalue weighted by atomic mass is 16.5. The Kier molecular flexibility index (Phi) is 5.13. The first-order valence-electron chi connectivity index (χ1n) is 6.95. The van der Waals surface area contributed by atoms with Gasteiger partial charge in [-0.15, -0.1) is 0 Å². The van der Waals surface area contributed by atoms with Crippen LogP contribution in [0.3, 0.4) is 0 Å². The highest BCUT2D eigenvalue weighted by Gasteiger charge is 2.04. The van der Waals surface area contributed by atoms with Gasteiger partial charge in [-0.2, -0.15) is 0 Å². The van der Waals surface area contributed by atoms with Gasteiger partial charge < -0.3 is 10.1 Å². The van der Waals surface area contributed by atoms with E-state index in [0.717, 1.165) is 24.4 Å². The van der Waals surface area contributed by atoms with Crippen molar-refractivity contribution < 1.29 is 4.74 Å². The molecule has 3 heteroatoms. The summed E-state index contributed by atoms with van der Waals surface area (Å²) in [4.78, 5) is 4.40. The van der Waals surface area contributed by atoms with E-state index in [1.807, 2.05) is 18.3 Å². The number of aromatic nitrogens is 1. The van der Waals surface area contributed by atoms with E-state index < -0.39 is 0 Å². The first kappa shape index (κ1) is 14.5. The van der Waals surface area contributed by atoms with Gasteiger partial charge in [-0.05, 0) is 49.6 Å². The Morgan fingerprint density at radius 2 is 2.10 bits per heavy atom. The lowest BCUT2D eigenvalue weighted by Crippen LogP contribution is -2.27. The van der Waals surface area contributed by atoms with Gasteiger partial charge in [0.25, 0.3) is 0 Å². The summed E-state index contributed by atoms with van der Waals surface area (Å²) in [6.45, 7) is 5.04. The summed E-state index contributed by atoms with van der Waals surface area (Å²) >= 11 is 0. The summed E-state index contributed by atoms with van der Waals surface area (Å²) < 4.78 is 5.25. The van der Waals surface area contributed by atoms with Crippen molar-refractivity contribution in [3.8, 4) is 5.75 Å². The van der Waals surface area contributed by atoms with E-state index in [1.165, 1.54) is 11.1 Å². The number of pyridine rings is 1. The van der Waals surface area contributed by atoms with Crippen LogP contribution < -0.4 is 10.1 Å². The summed E-state index contributed by atoms with van der Waals surface area (Å²) in [5.41, 5.74) is 3.55. The predicted molar refractivity (Wildman–Crippen MR) is 82.0 cm³/mol. The zero-order valence-electron chi connectivity index (χ0n) is 12.4. The molecule has 0 unspecified atom stereocenters. The van der Waals surface area contributed by atoms with Crippen LogP contribution in [-0.4, -0.2) is 18.1 Å². The van der Waals surface area contributed by atoms with Gasteiger partial charge >= 0.3 is 0 Å². The Labute approximate surface area is 121 Å². The molecule has 1 atom stereocenters. The number of benzene rings is 1. The Hall–Kier alpha value is -1.87. The van der Waals surface area contributed by atoms with Crippen molar-refractivity contribution in [2.45, 2.75) is 32.9 Å². The molecule has 1 aromatic heterocycles. The second kappa shape index (κ2) is 7.06. The number of nitrogens with one attached hydrogen (secondary N) is 1. The molecule has 0 aliphatic rings. The molecule has 0 spiro atoms. The lowest BCUT2D eigenvalue weighted by atomic mass is 10.1. The molecule has 1 N–H and O–H groups in total. The highest BCUT2D eigenvalue weighted by Crippen LogP contribution is 2.14. The molecule has 0 aliphatic carbocycles. The molecule has 0 aliphatic heterocycles. The third-order valence-electron chi connectivity index (χ3n) is 3.28. The number of nitrogens with zero attached hydrogens (tertiary/aromatic N) is 1. The zero-order valence-corrected chi connectivity index (χ0v) is 12.4. The van der Waals surface area contributed by atoms with E-state index in [0.29, 0.717) is 6.04 Å². The average molecular weight is 270 g/mol. The molecule has 2 rings (SSSR count). The van der Waals surface area contributed by atoms with Crippen molar-refractivity contribution in [2.24, 2.45) is 0 Å². The average Bonchev–Trinajstić information content (AvgIpc) is 2.47. The SMILES string of the molecule is COc1cccc(C[C@@H](C)NCc2ccc(C)cn2)c1. The van der Waals surface area contributed by atoms with Crippen LogP contribution in [0.15, 0.2) is 42.6 Å². The van der Waals surface area contributed by atoms with Crippen LogP contribution in [0.25, 0.3) is 0 Å². The minimum Gasteiger partial charge on any atom is -0.497 e. The topological polar surface area (TPSA) is 34.1 Å². The lowest BCUT2D eigenvalue weighted by Gasteiger charge is -2.14. The van der Waals surface area contributed by atoms with Crippen molar-refractivity contribution in [1.29, 1.82) is 0 Å².